The Labute approximate surface area is 123 Å². The highest BCUT2D eigenvalue weighted by molar-refractivity contribution is 5.88. The predicted molar refractivity (Wildman–Crippen MR) is 77.2 cm³/mol. The van der Waals surface area contributed by atoms with Crippen molar-refractivity contribution in [2.75, 3.05) is 14.2 Å². The van der Waals surface area contributed by atoms with E-state index in [0.717, 1.165) is 11.3 Å². The number of nitrogens with zero attached hydrogens (tertiary/aromatic N) is 3. The summed E-state index contributed by atoms with van der Waals surface area (Å²) in [6.45, 7) is 1.10. The van der Waals surface area contributed by atoms with Gasteiger partial charge < -0.3 is 9.84 Å². The maximum Gasteiger partial charge on any atom is 0.339 e. The minimum Gasteiger partial charge on any atom is -0.497 e. The molecule has 0 saturated heterocycles. The van der Waals surface area contributed by atoms with Gasteiger partial charge in [-0.2, -0.15) is 0 Å². The molecule has 0 spiro atoms. The summed E-state index contributed by atoms with van der Waals surface area (Å²) in [6, 6.07) is 7.76. The van der Waals surface area contributed by atoms with Crippen LogP contribution in [0.2, 0.25) is 0 Å². The second kappa shape index (κ2) is 6.81. The van der Waals surface area contributed by atoms with Crippen LogP contribution >= 0.6 is 0 Å². The highest BCUT2D eigenvalue weighted by Crippen LogP contribution is 2.15. The Morgan fingerprint density at radius 1 is 1.38 bits per heavy atom. The van der Waals surface area contributed by atoms with Crippen molar-refractivity contribution in [1.82, 2.24) is 14.9 Å². The van der Waals surface area contributed by atoms with Crippen molar-refractivity contribution in [3.8, 4) is 5.75 Å². The van der Waals surface area contributed by atoms with Gasteiger partial charge in [-0.15, -0.1) is 0 Å². The fraction of sp³-hybridized carbons (Fsp3) is 0.267. The first-order valence-corrected chi connectivity index (χ1v) is 6.44. The van der Waals surface area contributed by atoms with E-state index < -0.39 is 5.97 Å². The number of carbonyl (C=O) groups is 1. The molecule has 0 atom stereocenters. The van der Waals surface area contributed by atoms with E-state index in [-0.39, 0.29) is 5.56 Å². The van der Waals surface area contributed by atoms with Gasteiger partial charge in [0.05, 0.1) is 12.8 Å². The number of ether oxygens (including phenoxy) is 1. The smallest absolute Gasteiger partial charge is 0.339 e. The van der Waals surface area contributed by atoms with E-state index in [2.05, 4.69) is 9.97 Å². The molecule has 2 rings (SSSR count). The van der Waals surface area contributed by atoms with E-state index in [0.29, 0.717) is 18.8 Å². The maximum absolute atomic E-state index is 11.1. The van der Waals surface area contributed by atoms with E-state index in [1.54, 1.807) is 7.11 Å². The number of hydrogen-bond acceptors (Lipinski definition) is 5. The molecular formula is C15H17N3O3. The lowest BCUT2D eigenvalue weighted by Gasteiger charge is -2.17. The molecule has 6 heteroatoms. The first kappa shape index (κ1) is 14.9. The number of aromatic carboxylic acids is 1. The van der Waals surface area contributed by atoms with Crippen LogP contribution in [0.25, 0.3) is 0 Å². The molecule has 0 aliphatic heterocycles. The molecule has 0 saturated carbocycles. The minimum absolute atomic E-state index is 0.134. The Bertz CT molecular complexity index is 631. The summed E-state index contributed by atoms with van der Waals surface area (Å²) < 4.78 is 5.19. The third-order valence-electron chi connectivity index (χ3n) is 3.03. The van der Waals surface area contributed by atoms with Gasteiger partial charge in [0.2, 0.25) is 0 Å². The summed E-state index contributed by atoms with van der Waals surface area (Å²) in [7, 11) is 3.54. The molecule has 110 valence electrons. The maximum atomic E-state index is 11.1. The molecule has 0 aliphatic carbocycles. The Morgan fingerprint density at radius 3 is 2.90 bits per heavy atom. The first-order valence-electron chi connectivity index (χ1n) is 6.44. The molecule has 21 heavy (non-hydrogen) atoms. The molecule has 1 aromatic heterocycles. The summed E-state index contributed by atoms with van der Waals surface area (Å²) in [4.78, 5) is 20.9. The highest BCUT2D eigenvalue weighted by atomic mass is 16.5. The molecule has 1 aromatic carbocycles. The molecule has 0 aliphatic rings. The van der Waals surface area contributed by atoms with Gasteiger partial charge in [-0.1, -0.05) is 12.1 Å². The van der Waals surface area contributed by atoms with Gasteiger partial charge in [0.25, 0.3) is 0 Å². The van der Waals surface area contributed by atoms with E-state index in [1.165, 1.54) is 12.5 Å². The number of carboxylic acid groups (broad SMARTS) is 1. The number of methoxy groups -OCH3 is 1. The number of aromatic nitrogens is 2. The zero-order chi connectivity index (χ0) is 15.2. The molecule has 0 unspecified atom stereocenters. The van der Waals surface area contributed by atoms with Crippen LogP contribution in [0, 0.1) is 0 Å². The van der Waals surface area contributed by atoms with Crippen LogP contribution in [0.4, 0.5) is 0 Å². The molecule has 1 heterocycles. The van der Waals surface area contributed by atoms with Crippen LogP contribution in [0.15, 0.2) is 36.8 Å². The normalized spacial score (nSPS) is 10.6. The van der Waals surface area contributed by atoms with Crippen LogP contribution in [-0.4, -0.2) is 40.1 Å². The third kappa shape index (κ3) is 4.00. The lowest BCUT2D eigenvalue weighted by atomic mass is 10.2. The van der Waals surface area contributed by atoms with Crippen molar-refractivity contribution in [2.24, 2.45) is 0 Å². The average molecular weight is 287 g/mol. The predicted octanol–water partition coefficient (Wildman–Crippen LogP) is 1.82. The Kier molecular flexibility index (Phi) is 4.84. The van der Waals surface area contributed by atoms with Gasteiger partial charge in [0.15, 0.2) is 0 Å². The molecule has 0 radical (unpaired) electrons. The van der Waals surface area contributed by atoms with Crippen LogP contribution < -0.4 is 4.74 Å². The Hall–Kier alpha value is -2.47. The van der Waals surface area contributed by atoms with Gasteiger partial charge in [-0.05, 0) is 24.7 Å². The fourth-order valence-electron chi connectivity index (χ4n) is 2.05. The van der Waals surface area contributed by atoms with Gasteiger partial charge >= 0.3 is 5.97 Å². The largest absolute Gasteiger partial charge is 0.497 e. The standard InChI is InChI=1S/C15H17N3O3/c1-18(8-11-4-3-5-12(6-11)21-2)9-14-13(15(19)20)7-16-10-17-14/h3-7,10H,8-9H2,1-2H3,(H,19,20). The van der Waals surface area contributed by atoms with Crippen molar-refractivity contribution in [2.45, 2.75) is 13.1 Å². The lowest BCUT2D eigenvalue weighted by molar-refractivity contribution is 0.0693. The number of carboxylic acids is 1. The molecule has 2 aromatic rings. The molecule has 6 nitrogen and oxygen atoms in total. The van der Waals surface area contributed by atoms with Crippen molar-refractivity contribution < 1.29 is 14.6 Å². The third-order valence-corrected chi connectivity index (χ3v) is 3.03. The highest BCUT2D eigenvalue weighted by Gasteiger charge is 2.13. The van der Waals surface area contributed by atoms with Crippen molar-refractivity contribution in [3.05, 3.63) is 53.6 Å². The quantitative estimate of drug-likeness (QED) is 0.873. The first-order chi connectivity index (χ1) is 10.1. The minimum atomic E-state index is -1.01. The summed E-state index contributed by atoms with van der Waals surface area (Å²) >= 11 is 0. The molecule has 1 N–H and O–H groups in total. The van der Waals surface area contributed by atoms with Crippen LogP contribution in [0.5, 0.6) is 5.75 Å². The van der Waals surface area contributed by atoms with Crippen LogP contribution in [0.3, 0.4) is 0 Å². The lowest BCUT2D eigenvalue weighted by Crippen LogP contribution is -2.20. The molecular weight excluding hydrogens is 270 g/mol. The van der Waals surface area contributed by atoms with Gasteiger partial charge in [-0.25, -0.2) is 14.8 Å². The topological polar surface area (TPSA) is 75.5 Å². The van der Waals surface area contributed by atoms with Crippen LogP contribution in [-0.2, 0) is 13.1 Å². The van der Waals surface area contributed by atoms with E-state index >= 15 is 0 Å². The summed E-state index contributed by atoms with van der Waals surface area (Å²) in [5.74, 6) is -0.213. The fourth-order valence-corrected chi connectivity index (χ4v) is 2.05. The summed E-state index contributed by atoms with van der Waals surface area (Å²) in [5.41, 5.74) is 1.72. The Morgan fingerprint density at radius 2 is 2.19 bits per heavy atom. The SMILES string of the molecule is COc1cccc(CN(C)Cc2ncncc2C(=O)O)c1. The second-order valence-corrected chi connectivity index (χ2v) is 4.71. The van der Waals surface area contributed by atoms with E-state index in [1.807, 2.05) is 36.2 Å². The van der Waals surface area contributed by atoms with Crippen LogP contribution in [0.1, 0.15) is 21.6 Å². The monoisotopic (exact) mass is 287 g/mol. The number of rotatable bonds is 6. The van der Waals surface area contributed by atoms with Crippen molar-refractivity contribution in [3.63, 3.8) is 0 Å². The van der Waals surface area contributed by atoms with Gasteiger partial charge in [0.1, 0.15) is 17.6 Å². The summed E-state index contributed by atoms with van der Waals surface area (Å²) in [6.07, 6.45) is 2.69. The Balaban J connectivity index is 2.08. The molecule has 0 bridgehead atoms. The van der Waals surface area contributed by atoms with Gasteiger partial charge in [0, 0.05) is 19.3 Å². The zero-order valence-corrected chi connectivity index (χ0v) is 12.0. The van der Waals surface area contributed by atoms with E-state index in [9.17, 15) is 4.79 Å². The molecule has 0 amide bonds. The average Bonchev–Trinajstić information content (AvgIpc) is 2.47. The van der Waals surface area contributed by atoms with Gasteiger partial charge in [-0.3, -0.25) is 4.90 Å². The second-order valence-electron chi connectivity index (χ2n) is 4.71. The van der Waals surface area contributed by atoms with E-state index in [4.69, 9.17) is 9.84 Å². The number of hydrogen-bond donors (Lipinski definition) is 1. The molecule has 0 fully saturated rings. The number of benzene rings is 1. The summed E-state index contributed by atoms with van der Waals surface area (Å²) in [5, 5.41) is 9.12. The zero-order valence-electron chi connectivity index (χ0n) is 12.0. The van der Waals surface area contributed by atoms with Crippen molar-refractivity contribution in [1.29, 1.82) is 0 Å². The van der Waals surface area contributed by atoms with Crippen molar-refractivity contribution >= 4 is 5.97 Å².